The van der Waals surface area contributed by atoms with Crippen LogP contribution in [-0.4, -0.2) is 21.0 Å². The maximum absolute atomic E-state index is 4.36. The molecule has 6 heteroatoms. The number of nitrogens with zero attached hydrogens (tertiary/aromatic N) is 2. The molecule has 0 aromatic carbocycles. The van der Waals surface area contributed by atoms with Crippen molar-refractivity contribution in [3.05, 3.63) is 10.8 Å². The van der Waals surface area contributed by atoms with E-state index in [4.69, 9.17) is 0 Å². The first kappa shape index (κ1) is 9.05. The minimum Gasteiger partial charge on any atom is -0.275 e. The summed E-state index contributed by atoms with van der Waals surface area (Å²) < 4.78 is 4.82. The molecule has 0 saturated carbocycles. The molecule has 0 aromatic heterocycles. The molecule has 2 aliphatic heterocycles. The molecule has 2 heterocycles. The topological polar surface area (TPSA) is 24.7 Å². The second-order valence-corrected chi connectivity index (χ2v) is 5.88. The second kappa shape index (κ2) is 4.64. The van der Waals surface area contributed by atoms with Crippen molar-refractivity contribution in [1.29, 1.82) is 0 Å². The van der Waals surface area contributed by atoms with Gasteiger partial charge in [0.05, 0.1) is 11.4 Å². The normalized spacial score (nSPS) is 28.7. The summed E-state index contributed by atoms with van der Waals surface area (Å²) in [6.45, 7) is 0. The number of hydrogen-bond donors (Lipinski definition) is 0. The van der Waals surface area contributed by atoms with Crippen LogP contribution in [0.15, 0.2) is 20.2 Å². The van der Waals surface area contributed by atoms with Crippen molar-refractivity contribution in [3.8, 4) is 0 Å². The van der Waals surface area contributed by atoms with E-state index in [2.05, 4.69) is 14.8 Å². The van der Waals surface area contributed by atoms with Crippen LogP contribution in [-0.2, 0) is 0 Å². The van der Waals surface area contributed by atoms with Crippen LogP contribution >= 0.6 is 47.2 Å². The fourth-order valence-electron chi connectivity index (χ4n) is 0.733. The van der Waals surface area contributed by atoms with E-state index >= 15 is 0 Å². The Balaban J connectivity index is 1.99. The van der Waals surface area contributed by atoms with Crippen LogP contribution in [0.2, 0.25) is 0 Å². The minimum absolute atomic E-state index is 0.463. The van der Waals surface area contributed by atoms with Gasteiger partial charge < -0.3 is 0 Å². The molecular weight excluding hydrogens is 228 g/mol. The van der Waals surface area contributed by atoms with Gasteiger partial charge in [-0.1, -0.05) is 23.5 Å². The van der Waals surface area contributed by atoms with Gasteiger partial charge in [0.15, 0.2) is 0 Å². The first-order chi connectivity index (χ1) is 5.97. The summed E-state index contributed by atoms with van der Waals surface area (Å²) in [5.41, 5.74) is 1.92. The average molecular weight is 234 g/mol. The first-order valence-corrected chi connectivity index (χ1v) is 6.98. The third-order valence-corrected chi connectivity index (χ3v) is 5.50. The van der Waals surface area contributed by atoms with Crippen molar-refractivity contribution >= 4 is 57.8 Å². The van der Waals surface area contributed by atoms with E-state index in [-0.39, 0.29) is 0 Å². The zero-order valence-corrected chi connectivity index (χ0v) is 9.31. The Kier molecular flexibility index (Phi) is 3.50. The smallest absolute Gasteiger partial charge is 0.110 e. The van der Waals surface area contributed by atoms with Gasteiger partial charge in [-0.25, -0.2) is 4.40 Å². The van der Waals surface area contributed by atoms with E-state index in [0.717, 1.165) is 5.88 Å². The van der Waals surface area contributed by atoms with E-state index in [1.54, 1.807) is 23.5 Å². The molecule has 1 atom stereocenters. The lowest BCUT2D eigenvalue weighted by Gasteiger charge is -2.17. The maximum Gasteiger partial charge on any atom is 0.110 e. The highest BCUT2D eigenvalue weighted by Gasteiger charge is 2.19. The molecule has 0 fully saturated rings. The van der Waals surface area contributed by atoms with Gasteiger partial charge in [0.1, 0.15) is 9.63 Å². The molecule has 0 aromatic rings. The number of rotatable bonds is 1. The number of aliphatic imine (C=N–C) groups is 1. The van der Waals surface area contributed by atoms with Crippen molar-refractivity contribution in [2.24, 2.45) is 9.39 Å². The fraction of sp³-hybridized carbons (Fsp3) is 0.333. The average Bonchev–Trinajstić information content (AvgIpc) is 2.21. The molecule has 12 heavy (non-hydrogen) atoms. The molecule has 0 amide bonds. The van der Waals surface area contributed by atoms with Crippen molar-refractivity contribution in [3.63, 3.8) is 0 Å². The number of thioether (sulfide) groups is 3. The second-order valence-electron chi connectivity index (χ2n) is 1.98. The minimum atomic E-state index is 0.463. The van der Waals surface area contributed by atoms with Crippen molar-refractivity contribution in [1.82, 2.24) is 0 Å². The van der Waals surface area contributed by atoms with Crippen LogP contribution in [0.1, 0.15) is 0 Å². The van der Waals surface area contributed by atoms with Gasteiger partial charge in [-0.05, 0) is 5.41 Å². The molecule has 0 radical (unpaired) electrons. The van der Waals surface area contributed by atoms with Crippen LogP contribution in [0.5, 0.6) is 0 Å². The molecule has 2 aliphatic rings. The van der Waals surface area contributed by atoms with E-state index in [1.807, 2.05) is 22.7 Å². The van der Waals surface area contributed by atoms with Gasteiger partial charge in [0, 0.05) is 17.4 Å². The molecule has 0 spiro atoms. The molecule has 2 rings (SSSR count). The first-order valence-electron chi connectivity index (χ1n) is 3.27. The lowest BCUT2D eigenvalue weighted by atomic mass is 10.9. The number of hydrogen-bond acceptors (Lipinski definition) is 6. The van der Waals surface area contributed by atoms with Crippen LogP contribution in [0.25, 0.3) is 0 Å². The van der Waals surface area contributed by atoms with Crippen molar-refractivity contribution in [2.75, 3.05) is 5.88 Å². The third-order valence-electron chi connectivity index (χ3n) is 1.21. The van der Waals surface area contributed by atoms with Gasteiger partial charge in [-0.15, -0.1) is 11.8 Å². The zero-order valence-electron chi connectivity index (χ0n) is 6.04. The zero-order chi connectivity index (χ0) is 8.23. The van der Waals surface area contributed by atoms with Crippen LogP contribution in [0.4, 0.5) is 0 Å². The molecule has 0 bridgehead atoms. The molecule has 0 aliphatic carbocycles. The highest BCUT2D eigenvalue weighted by Crippen LogP contribution is 2.35. The van der Waals surface area contributed by atoms with Crippen LogP contribution < -0.4 is 0 Å². The monoisotopic (exact) mass is 234 g/mol. The fourth-order valence-corrected chi connectivity index (χ4v) is 4.49. The lowest BCUT2D eigenvalue weighted by molar-refractivity contribution is 1.40. The summed E-state index contributed by atoms with van der Waals surface area (Å²) in [5.74, 6) is 0.867. The van der Waals surface area contributed by atoms with E-state index in [0.29, 0.717) is 4.58 Å². The maximum atomic E-state index is 4.36. The summed E-state index contributed by atoms with van der Waals surface area (Å²) in [7, 11) is 0. The molecule has 0 saturated heterocycles. The van der Waals surface area contributed by atoms with E-state index in [1.165, 1.54) is 17.0 Å². The summed E-state index contributed by atoms with van der Waals surface area (Å²) in [6.07, 6.45) is 0. The standard InChI is InChI=1S/C6H6N2S4/c1-2-12-8-5(9-1)6-10-3-7-4-11-6/h1-3,6H,4H2. The van der Waals surface area contributed by atoms with Gasteiger partial charge in [-0.3, -0.25) is 4.99 Å². The molecular formula is C6H6N2S4. The summed E-state index contributed by atoms with van der Waals surface area (Å²) in [5, 5.41) is 5.28. The quantitative estimate of drug-likeness (QED) is 0.651. The highest BCUT2D eigenvalue weighted by molar-refractivity contribution is 8.30. The Hall–Kier alpha value is 0.480. The Morgan fingerprint density at radius 2 is 2.42 bits per heavy atom. The Morgan fingerprint density at radius 1 is 1.42 bits per heavy atom. The molecule has 0 N–H and O–H groups in total. The Morgan fingerprint density at radius 3 is 3.08 bits per heavy atom. The van der Waals surface area contributed by atoms with Crippen molar-refractivity contribution in [2.45, 2.75) is 4.58 Å². The lowest BCUT2D eigenvalue weighted by Crippen LogP contribution is -2.12. The Labute approximate surface area is 88.3 Å². The SMILES string of the molecule is C1=CSC(C2SC=NCS2)=NS1. The summed E-state index contributed by atoms with van der Waals surface area (Å²) >= 11 is 6.81. The van der Waals surface area contributed by atoms with Gasteiger partial charge in [0.2, 0.25) is 0 Å². The van der Waals surface area contributed by atoms with Crippen LogP contribution in [0.3, 0.4) is 0 Å². The van der Waals surface area contributed by atoms with Gasteiger partial charge in [-0.2, -0.15) is 0 Å². The predicted octanol–water partition coefficient (Wildman–Crippen LogP) is 3.04. The summed E-state index contributed by atoms with van der Waals surface area (Å²) in [4.78, 5) is 4.13. The molecule has 2 nitrogen and oxygen atoms in total. The van der Waals surface area contributed by atoms with Crippen LogP contribution in [0, 0.1) is 0 Å². The molecule has 1 unspecified atom stereocenters. The highest BCUT2D eigenvalue weighted by atomic mass is 32.2. The Bertz CT molecular complexity index is 248. The van der Waals surface area contributed by atoms with Gasteiger partial charge in [0.25, 0.3) is 0 Å². The summed E-state index contributed by atoms with van der Waals surface area (Å²) in [6, 6.07) is 0. The third kappa shape index (κ3) is 2.25. The van der Waals surface area contributed by atoms with E-state index < -0.39 is 0 Å². The predicted molar refractivity (Wildman–Crippen MR) is 64.1 cm³/mol. The van der Waals surface area contributed by atoms with Crippen molar-refractivity contribution < 1.29 is 0 Å². The van der Waals surface area contributed by atoms with Gasteiger partial charge >= 0.3 is 0 Å². The van der Waals surface area contributed by atoms with E-state index in [9.17, 15) is 0 Å². The molecule has 64 valence electrons. The largest absolute Gasteiger partial charge is 0.275 e.